The zero-order valence-electron chi connectivity index (χ0n) is 26.9. The van der Waals surface area contributed by atoms with E-state index in [0.717, 1.165) is 0 Å². The van der Waals surface area contributed by atoms with Crippen molar-refractivity contribution in [2.24, 2.45) is 0 Å². The minimum Gasteiger partial charge on any atom is -0.398 e. The molecule has 0 saturated heterocycles. The predicted molar refractivity (Wildman–Crippen MR) is 156 cm³/mol. The predicted octanol–water partition coefficient (Wildman–Crippen LogP) is 11.8. The fourth-order valence-corrected chi connectivity index (χ4v) is 6.88. The highest BCUT2D eigenvalue weighted by Crippen LogP contribution is 2.66. The Balaban J connectivity index is 1.38. The van der Waals surface area contributed by atoms with Crippen LogP contribution >= 0.6 is 0 Å². The first-order valence-corrected chi connectivity index (χ1v) is 16.6. The van der Waals surface area contributed by atoms with Crippen molar-refractivity contribution in [3.63, 3.8) is 0 Å². The highest BCUT2D eigenvalue weighted by atomic mass is 19.4. The van der Waals surface area contributed by atoms with Crippen molar-refractivity contribution in [1.82, 2.24) is 0 Å². The molecule has 0 atom stereocenters. The van der Waals surface area contributed by atoms with E-state index in [0.29, 0.717) is 12.8 Å². The molecule has 0 spiro atoms. The molecule has 4 N–H and O–H groups in total. The Hall–Kier alpha value is -3.08. The quantitative estimate of drug-likeness (QED) is 0.157. The molecule has 4 fully saturated rings. The summed E-state index contributed by atoms with van der Waals surface area (Å²) in [5.41, 5.74) is 6.40. The van der Waals surface area contributed by atoms with Gasteiger partial charge in [-0.15, -0.1) is 0 Å². The van der Waals surface area contributed by atoms with Crippen molar-refractivity contribution in [3.8, 4) is 0 Å². The molecule has 0 aromatic heterocycles. The van der Waals surface area contributed by atoms with Gasteiger partial charge in [0, 0.05) is 22.5 Å². The third-order valence-electron chi connectivity index (χ3n) is 11.1. The third kappa shape index (κ3) is 5.20. The van der Waals surface area contributed by atoms with Crippen molar-refractivity contribution >= 4 is 11.4 Å². The molecular formula is C34H32F16N2. The molecule has 6 rings (SSSR count). The summed E-state index contributed by atoms with van der Waals surface area (Å²) in [6.07, 6.45) is 3.20. The van der Waals surface area contributed by atoms with Crippen LogP contribution in [0.3, 0.4) is 0 Å². The number of alkyl halides is 16. The number of nitrogen functional groups attached to an aromatic ring is 2. The first kappa shape index (κ1) is 38.6. The summed E-state index contributed by atoms with van der Waals surface area (Å²) in [5.74, 6) is -64.6. The van der Waals surface area contributed by atoms with Gasteiger partial charge < -0.3 is 11.5 Å². The van der Waals surface area contributed by atoms with E-state index >= 15 is 35.1 Å². The Labute approximate surface area is 286 Å². The van der Waals surface area contributed by atoms with Gasteiger partial charge in [-0.05, 0) is 122 Å². The molecule has 0 heterocycles. The van der Waals surface area contributed by atoms with Gasteiger partial charge in [-0.3, -0.25) is 0 Å². The summed E-state index contributed by atoms with van der Waals surface area (Å²) < 4.78 is 242. The normalized spacial score (nSPS) is 20.5. The van der Waals surface area contributed by atoms with Gasteiger partial charge in [0.25, 0.3) is 0 Å². The van der Waals surface area contributed by atoms with Gasteiger partial charge in [0.05, 0.1) is 0 Å². The zero-order chi connectivity index (χ0) is 38.8. The Morgan fingerprint density at radius 2 is 0.558 bits per heavy atom. The molecule has 2 aromatic rings. The van der Waals surface area contributed by atoms with Crippen LogP contribution in [0.1, 0.15) is 121 Å². The van der Waals surface area contributed by atoms with Crippen molar-refractivity contribution in [1.29, 1.82) is 0 Å². The van der Waals surface area contributed by atoms with Gasteiger partial charge in [-0.1, -0.05) is 12.8 Å². The molecule has 4 aliphatic rings. The smallest absolute Gasteiger partial charge is 0.385 e. The van der Waals surface area contributed by atoms with Crippen LogP contribution in [0.2, 0.25) is 0 Å². The van der Waals surface area contributed by atoms with Crippen LogP contribution in [0.15, 0.2) is 24.3 Å². The molecule has 2 aromatic carbocycles. The minimum atomic E-state index is -8.50. The van der Waals surface area contributed by atoms with Crippen LogP contribution in [-0.2, 0) is 11.8 Å². The van der Waals surface area contributed by atoms with Crippen molar-refractivity contribution < 1.29 is 70.2 Å². The number of rotatable bonds is 13. The lowest BCUT2D eigenvalue weighted by Gasteiger charge is -2.44. The number of anilines is 2. The molecule has 0 aliphatic heterocycles. The van der Waals surface area contributed by atoms with Crippen LogP contribution in [0.25, 0.3) is 0 Å². The SMILES string of the molecule is Nc1c(C2CCC2)cc(C(F)(F)C(F)(F)C(F)(F)C(F)(F)C(F)(F)C(F)(F)C(F)(F)C(F)(F)c2cc(C3CCC3)c(N)c(C3CC3)c2)cc1C1CC1. The number of benzene rings is 2. The Bertz CT molecular complexity index is 1590. The average Bonchev–Trinajstić information content (AvgIpc) is 3.91. The number of hydrogen-bond donors (Lipinski definition) is 2. The van der Waals surface area contributed by atoms with Crippen LogP contribution in [-0.4, -0.2) is 35.5 Å². The van der Waals surface area contributed by atoms with E-state index in [4.69, 9.17) is 11.5 Å². The molecule has 18 heteroatoms. The molecule has 0 amide bonds. The second-order valence-electron chi connectivity index (χ2n) is 14.5. The minimum absolute atomic E-state index is 0.174. The van der Waals surface area contributed by atoms with Gasteiger partial charge >= 0.3 is 47.4 Å². The van der Waals surface area contributed by atoms with Gasteiger partial charge in [-0.25, -0.2) is 0 Å². The van der Waals surface area contributed by atoms with E-state index in [1.54, 1.807) is 0 Å². The Morgan fingerprint density at radius 1 is 0.346 bits per heavy atom. The van der Waals surface area contributed by atoms with Gasteiger partial charge in [0.1, 0.15) is 0 Å². The van der Waals surface area contributed by atoms with E-state index in [2.05, 4.69) is 0 Å². The molecule has 0 bridgehead atoms. The molecular weight excluding hydrogens is 740 g/mol. The van der Waals surface area contributed by atoms with Crippen molar-refractivity contribution in [2.75, 3.05) is 11.5 Å². The maximum Gasteiger partial charge on any atom is 0.385 e. The van der Waals surface area contributed by atoms with Crippen molar-refractivity contribution in [3.05, 3.63) is 57.6 Å². The zero-order valence-corrected chi connectivity index (χ0v) is 26.9. The summed E-state index contributed by atoms with van der Waals surface area (Å²) in [5, 5.41) is 0. The largest absolute Gasteiger partial charge is 0.398 e. The van der Waals surface area contributed by atoms with E-state index in [-0.39, 0.29) is 109 Å². The number of halogens is 16. The molecule has 4 saturated carbocycles. The molecule has 4 aliphatic carbocycles. The monoisotopic (exact) mass is 772 g/mol. The van der Waals surface area contributed by atoms with E-state index in [9.17, 15) is 35.1 Å². The van der Waals surface area contributed by atoms with Crippen LogP contribution in [0, 0.1) is 0 Å². The van der Waals surface area contributed by atoms with Crippen LogP contribution in [0.4, 0.5) is 81.6 Å². The van der Waals surface area contributed by atoms with E-state index in [1.165, 1.54) is 0 Å². The standard InChI is InChI=1S/C34H32F16N2/c35-27(36,19-11-21(15-3-1-4-15)25(51)23(13-19)17-7-8-17)29(39,40)31(43,44)33(47,48)34(49,50)32(45,46)30(41,42)28(37,38)20-12-22(16-5-2-6-16)26(52)24(14-20)18-9-10-18/h11-18H,1-10,51-52H2. The lowest BCUT2D eigenvalue weighted by Crippen LogP contribution is -2.74. The number of nitrogens with two attached hydrogens (primary N) is 2. The number of hydrogen-bond acceptors (Lipinski definition) is 2. The highest BCUT2D eigenvalue weighted by Gasteiger charge is 2.95. The molecule has 52 heavy (non-hydrogen) atoms. The summed E-state index contributed by atoms with van der Waals surface area (Å²) in [6.45, 7) is 0. The first-order valence-electron chi connectivity index (χ1n) is 16.6. The van der Waals surface area contributed by atoms with E-state index in [1.807, 2.05) is 0 Å². The molecule has 2 nitrogen and oxygen atoms in total. The molecule has 0 unspecified atom stereocenters. The first-order chi connectivity index (χ1) is 23.7. The summed E-state index contributed by atoms with van der Waals surface area (Å²) >= 11 is 0. The maximum absolute atomic E-state index is 15.4. The lowest BCUT2D eigenvalue weighted by molar-refractivity contribution is -0.456. The van der Waals surface area contributed by atoms with Gasteiger partial charge in [0.15, 0.2) is 0 Å². The highest BCUT2D eigenvalue weighted by molar-refractivity contribution is 5.62. The fourth-order valence-electron chi connectivity index (χ4n) is 6.88. The van der Waals surface area contributed by atoms with Crippen molar-refractivity contribution in [2.45, 2.75) is 135 Å². The summed E-state index contributed by atoms with van der Waals surface area (Å²) in [7, 11) is 0. The Morgan fingerprint density at radius 3 is 0.750 bits per heavy atom. The van der Waals surface area contributed by atoms with E-state index < -0.39 is 82.2 Å². The molecule has 0 radical (unpaired) electrons. The summed E-state index contributed by atoms with van der Waals surface area (Å²) in [6, 6.07) is 0.738. The fraction of sp³-hybridized carbons (Fsp3) is 0.647. The maximum atomic E-state index is 15.4. The lowest BCUT2D eigenvalue weighted by atomic mass is 9.76. The van der Waals surface area contributed by atoms with Gasteiger partial charge in [0.2, 0.25) is 0 Å². The van der Waals surface area contributed by atoms with Crippen LogP contribution in [0.5, 0.6) is 0 Å². The van der Waals surface area contributed by atoms with Gasteiger partial charge in [-0.2, -0.15) is 70.2 Å². The third-order valence-corrected chi connectivity index (χ3v) is 11.1. The second kappa shape index (κ2) is 11.7. The average molecular weight is 773 g/mol. The summed E-state index contributed by atoms with van der Waals surface area (Å²) in [4.78, 5) is 0. The molecule has 290 valence electrons. The van der Waals surface area contributed by atoms with Crippen LogP contribution < -0.4 is 11.5 Å². The Kier molecular flexibility index (Phi) is 8.70. The topological polar surface area (TPSA) is 52.0 Å². The second-order valence-corrected chi connectivity index (χ2v) is 14.5.